The highest BCUT2D eigenvalue weighted by Crippen LogP contribution is 2.31. The number of rotatable bonds is 4. The highest BCUT2D eigenvalue weighted by molar-refractivity contribution is 7.17. The maximum atomic E-state index is 12.7. The van der Waals surface area contributed by atoms with E-state index in [9.17, 15) is 9.59 Å². The average Bonchev–Trinajstić information content (AvgIpc) is 3.02. The Morgan fingerprint density at radius 2 is 2.00 bits per heavy atom. The van der Waals surface area contributed by atoms with Gasteiger partial charge in [0.1, 0.15) is 11.4 Å². The lowest BCUT2D eigenvalue weighted by molar-refractivity contribution is -0.141. The Morgan fingerprint density at radius 1 is 1.29 bits per heavy atom. The number of methoxy groups -OCH3 is 1. The summed E-state index contributed by atoms with van der Waals surface area (Å²) in [7, 11) is 1.30. The second-order valence-electron chi connectivity index (χ2n) is 5.86. The number of thiophene rings is 1. The first kappa shape index (κ1) is 16.4. The third-order valence-corrected chi connectivity index (χ3v) is 4.86. The third-order valence-electron chi connectivity index (χ3n) is 3.98. The Hall–Kier alpha value is -2.47. The van der Waals surface area contributed by atoms with Gasteiger partial charge in [0.15, 0.2) is 0 Å². The van der Waals surface area contributed by atoms with Crippen molar-refractivity contribution in [1.82, 2.24) is 9.55 Å². The summed E-state index contributed by atoms with van der Waals surface area (Å²) in [6, 6.07) is 8.20. The van der Waals surface area contributed by atoms with Crippen LogP contribution in [0.15, 0.2) is 40.8 Å². The summed E-state index contributed by atoms with van der Waals surface area (Å²) in [6.45, 7) is 4.15. The summed E-state index contributed by atoms with van der Waals surface area (Å²) in [5.41, 5.74) is 2.84. The molecule has 2 heterocycles. The van der Waals surface area contributed by atoms with E-state index in [1.165, 1.54) is 34.9 Å². The fourth-order valence-corrected chi connectivity index (χ4v) is 3.45. The molecule has 0 aliphatic heterocycles. The molecule has 124 valence electrons. The molecule has 6 heteroatoms. The van der Waals surface area contributed by atoms with E-state index in [0.29, 0.717) is 16.1 Å². The Morgan fingerprint density at radius 3 is 2.62 bits per heavy atom. The number of aromatic nitrogens is 2. The molecule has 5 nitrogen and oxygen atoms in total. The summed E-state index contributed by atoms with van der Waals surface area (Å²) < 4.78 is 5.91. The monoisotopic (exact) mass is 342 g/mol. The molecule has 1 aromatic carbocycles. The third kappa shape index (κ3) is 2.97. The van der Waals surface area contributed by atoms with Gasteiger partial charge in [-0.15, -0.1) is 11.3 Å². The standard InChI is InChI=1S/C18H18N2O3S/c1-11(2)12-4-6-13(7-5-12)14-9-24-17-16(14)18(22)20(10-19-17)8-15(21)23-3/h4-7,9-11H,8H2,1-3H3. The average molecular weight is 342 g/mol. The number of hydrogen-bond donors (Lipinski definition) is 0. The van der Waals surface area contributed by atoms with Crippen LogP contribution in [0.25, 0.3) is 21.3 Å². The molecular weight excluding hydrogens is 324 g/mol. The Labute approximate surface area is 143 Å². The highest BCUT2D eigenvalue weighted by Gasteiger charge is 2.15. The molecule has 0 aliphatic carbocycles. The van der Waals surface area contributed by atoms with Crippen molar-refractivity contribution in [3.05, 3.63) is 51.9 Å². The molecule has 0 amide bonds. The predicted molar refractivity (Wildman–Crippen MR) is 95.4 cm³/mol. The zero-order valence-electron chi connectivity index (χ0n) is 13.8. The summed E-state index contributed by atoms with van der Waals surface area (Å²) in [5, 5.41) is 2.48. The van der Waals surface area contributed by atoms with Crippen molar-refractivity contribution in [1.29, 1.82) is 0 Å². The number of benzene rings is 1. The minimum atomic E-state index is -0.476. The first-order valence-electron chi connectivity index (χ1n) is 7.65. The van der Waals surface area contributed by atoms with E-state index in [1.807, 2.05) is 17.5 Å². The van der Waals surface area contributed by atoms with Gasteiger partial charge in [0, 0.05) is 10.9 Å². The van der Waals surface area contributed by atoms with Crippen molar-refractivity contribution >= 4 is 27.5 Å². The molecule has 0 bridgehead atoms. The number of nitrogens with zero attached hydrogens (tertiary/aromatic N) is 2. The quantitative estimate of drug-likeness (QED) is 0.682. The molecule has 0 fully saturated rings. The van der Waals surface area contributed by atoms with Crippen LogP contribution in [-0.4, -0.2) is 22.6 Å². The van der Waals surface area contributed by atoms with Gasteiger partial charge in [-0.3, -0.25) is 14.2 Å². The lowest BCUT2D eigenvalue weighted by Gasteiger charge is -2.07. The van der Waals surface area contributed by atoms with Gasteiger partial charge in [0.25, 0.3) is 5.56 Å². The van der Waals surface area contributed by atoms with Crippen LogP contribution in [0.4, 0.5) is 0 Å². The van der Waals surface area contributed by atoms with Crippen LogP contribution in [0.3, 0.4) is 0 Å². The summed E-state index contributed by atoms with van der Waals surface area (Å²) in [5.74, 6) is -0.0199. The van der Waals surface area contributed by atoms with Gasteiger partial charge < -0.3 is 4.74 Å². The van der Waals surface area contributed by atoms with Crippen molar-refractivity contribution in [2.45, 2.75) is 26.3 Å². The second-order valence-corrected chi connectivity index (χ2v) is 6.72. The molecule has 0 radical (unpaired) electrons. The van der Waals surface area contributed by atoms with Gasteiger partial charge in [-0.2, -0.15) is 0 Å². The van der Waals surface area contributed by atoms with Crippen molar-refractivity contribution in [2.24, 2.45) is 0 Å². The minimum Gasteiger partial charge on any atom is -0.468 e. The number of fused-ring (bicyclic) bond motifs is 1. The Balaban J connectivity index is 2.10. The molecule has 0 unspecified atom stereocenters. The Bertz CT molecular complexity index is 939. The van der Waals surface area contributed by atoms with E-state index in [4.69, 9.17) is 0 Å². The molecule has 3 rings (SSSR count). The van der Waals surface area contributed by atoms with Crippen LogP contribution in [0, 0.1) is 0 Å². The molecular formula is C18H18N2O3S. The van der Waals surface area contributed by atoms with Gasteiger partial charge in [0.05, 0.1) is 18.8 Å². The van der Waals surface area contributed by atoms with E-state index in [-0.39, 0.29) is 12.1 Å². The van der Waals surface area contributed by atoms with Crippen LogP contribution in [0.1, 0.15) is 25.3 Å². The van der Waals surface area contributed by atoms with Gasteiger partial charge >= 0.3 is 5.97 Å². The number of hydrogen-bond acceptors (Lipinski definition) is 5. The lowest BCUT2D eigenvalue weighted by atomic mass is 9.99. The normalized spacial score (nSPS) is 11.2. The highest BCUT2D eigenvalue weighted by atomic mass is 32.1. The fraction of sp³-hybridized carbons (Fsp3) is 0.278. The molecule has 0 atom stereocenters. The first-order chi connectivity index (χ1) is 11.5. The molecule has 0 N–H and O–H groups in total. The molecule has 0 spiro atoms. The summed E-state index contributed by atoms with van der Waals surface area (Å²) >= 11 is 1.43. The SMILES string of the molecule is COC(=O)Cn1cnc2scc(-c3ccc(C(C)C)cc3)c2c1=O. The molecule has 3 aromatic rings. The van der Waals surface area contributed by atoms with Crippen molar-refractivity contribution in [3.8, 4) is 11.1 Å². The Kier molecular flexibility index (Phi) is 4.49. The zero-order valence-corrected chi connectivity index (χ0v) is 14.6. The van der Waals surface area contributed by atoms with Gasteiger partial charge in [-0.1, -0.05) is 38.1 Å². The first-order valence-corrected chi connectivity index (χ1v) is 8.53. The zero-order chi connectivity index (χ0) is 17.3. The number of carbonyl (C=O) groups is 1. The van der Waals surface area contributed by atoms with Crippen molar-refractivity contribution in [3.63, 3.8) is 0 Å². The topological polar surface area (TPSA) is 61.2 Å². The van der Waals surface area contributed by atoms with Crippen LogP contribution < -0.4 is 5.56 Å². The van der Waals surface area contributed by atoms with Crippen LogP contribution in [0.2, 0.25) is 0 Å². The van der Waals surface area contributed by atoms with Gasteiger partial charge in [0.2, 0.25) is 0 Å². The minimum absolute atomic E-state index is 0.139. The van der Waals surface area contributed by atoms with Gasteiger partial charge in [-0.05, 0) is 17.0 Å². The smallest absolute Gasteiger partial charge is 0.325 e. The fourth-order valence-electron chi connectivity index (χ4n) is 2.54. The lowest BCUT2D eigenvalue weighted by Crippen LogP contribution is -2.25. The van der Waals surface area contributed by atoms with E-state index in [1.54, 1.807) is 0 Å². The molecule has 2 aromatic heterocycles. The predicted octanol–water partition coefficient (Wildman–Crippen LogP) is 3.42. The number of carbonyl (C=O) groups excluding carboxylic acids is 1. The molecule has 24 heavy (non-hydrogen) atoms. The molecule has 0 saturated heterocycles. The maximum absolute atomic E-state index is 12.7. The molecule has 0 saturated carbocycles. The van der Waals surface area contributed by atoms with Gasteiger partial charge in [-0.25, -0.2) is 4.98 Å². The van der Waals surface area contributed by atoms with E-state index in [0.717, 1.165) is 11.1 Å². The molecule has 0 aliphatic rings. The second kappa shape index (κ2) is 6.57. The van der Waals surface area contributed by atoms with E-state index < -0.39 is 5.97 Å². The van der Waals surface area contributed by atoms with E-state index in [2.05, 4.69) is 35.7 Å². The van der Waals surface area contributed by atoms with Crippen LogP contribution in [-0.2, 0) is 16.1 Å². The number of esters is 1. The van der Waals surface area contributed by atoms with Crippen molar-refractivity contribution < 1.29 is 9.53 Å². The summed E-state index contributed by atoms with van der Waals surface area (Å²) in [6.07, 6.45) is 1.39. The van der Waals surface area contributed by atoms with E-state index >= 15 is 0 Å². The maximum Gasteiger partial charge on any atom is 0.325 e. The van der Waals surface area contributed by atoms with Crippen LogP contribution >= 0.6 is 11.3 Å². The van der Waals surface area contributed by atoms with Crippen LogP contribution in [0.5, 0.6) is 0 Å². The summed E-state index contributed by atoms with van der Waals surface area (Å²) in [4.78, 5) is 29.2. The van der Waals surface area contributed by atoms with Crippen molar-refractivity contribution in [2.75, 3.05) is 7.11 Å². The number of ether oxygens (including phenoxy) is 1. The largest absolute Gasteiger partial charge is 0.468 e.